The van der Waals surface area contributed by atoms with E-state index in [4.69, 9.17) is 16.3 Å². The summed E-state index contributed by atoms with van der Waals surface area (Å²) in [5.41, 5.74) is -2.55. The molecule has 1 aromatic carbocycles. The van der Waals surface area contributed by atoms with Crippen LogP contribution in [-0.4, -0.2) is 44.8 Å². The quantitative estimate of drug-likeness (QED) is 0.659. The number of nitrogens with zero attached hydrogens (tertiary/aromatic N) is 2. The number of hydrogen-bond donors (Lipinski definition) is 2. The maximum absolute atomic E-state index is 14.1. The highest BCUT2D eigenvalue weighted by atomic mass is 35.5. The van der Waals surface area contributed by atoms with Crippen LogP contribution in [0.2, 0.25) is 5.02 Å². The number of benzene rings is 1. The SMILES string of the molecule is C[C@@H]1CN2C(=O)c3c(O)c(=O)c(C(=O)NCc4ccc(F)c(Cl)c4F)cn3[C@@H]3CCC[C@@]32O1. The summed E-state index contributed by atoms with van der Waals surface area (Å²) in [6.45, 7) is 1.83. The third-order valence-corrected chi connectivity index (χ3v) is 6.97. The Morgan fingerprint density at radius 3 is 2.88 bits per heavy atom. The second-order valence-corrected chi connectivity index (χ2v) is 8.97. The molecule has 1 saturated heterocycles. The monoisotopic (exact) mass is 479 g/mol. The van der Waals surface area contributed by atoms with E-state index in [1.807, 2.05) is 6.92 Å². The lowest BCUT2D eigenvalue weighted by Gasteiger charge is -2.44. The Labute approximate surface area is 191 Å². The zero-order chi connectivity index (χ0) is 23.7. The van der Waals surface area contributed by atoms with Gasteiger partial charge < -0.3 is 24.6 Å². The Morgan fingerprint density at radius 1 is 1.36 bits per heavy atom. The molecule has 5 rings (SSSR count). The molecular weight excluding hydrogens is 460 g/mol. The van der Waals surface area contributed by atoms with E-state index in [-0.39, 0.29) is 29.9 Å². The van der Waals surface area contributed by atoms with Crippen molar-refractivity contribution in [3.63, 3.8) is 0 Å². The van der Waals surface area contributed by atoms with Gasteiger partial charge in [0.05, 0.1) is 12.1 Å². The topological polar surface area (TPSA) is 101 Å². The van der Waals surface area contributed by atoms with Crippen molar-refractivity contribution >= 4 is 23.4 Å². The van der Waals surface area contributed by atoms with E-state index in [1.54, 1.807) is 4.90 Å². The minimum atomic E-state index is -1.02. The summed E-state index contributed by atoms with van der Waals surface area (Å²) >= 11 is 5.56. The molecule has 2 amide bonds. The molecule has 174 valence electrons. The molecule has 0 unspecified atom stereocenters. The van der Waals surface area contributed by atoms with Gasteiger partial charge in [0.2, 0.25) is 5.43 Å². The number of fused-ring (bicyclic) bond motifs is 2. The molecule has 3 atom stereocenters. The molecule has 0 bridgehead atoms. The van der Waals surface area contributed by atoms with Crippen LogP contribution in [0, 0.1) is 11.6 Å². The lowest BCUT2D eigenvalue weighted by molar-refractivity contribution is -0.116. The molecule has 2 aromatic rings. The number of pyridine rings is 1. The van der Waals surface area contributed by atoms with Crippen LogP contribution in [0.15, 0.2) is 23.1 Å². The minimum absolute atomic E-state index is 0.0778. The van der Waals surface area contributed by atoms with Crippen molar-refractivity contribution in [3.8, 4) is 5.75 Å². The highest BCUT2D eigenvalue weighted by Gasteiger charge is 2.60. The average Bonchev–Trinajstić information content (AvgIpc) is 3.35. The second-order valence-electron chi connectivity index (χ2n) is 8.59. The van der Waals surface area contributed by atoms with E-state index in [2.05, 4.69) is 5.32 Å². The molecule has 2 aliphatic heterocycles. The second kappa shape index (κ2) is 7.53. The van der Waals surface area contributed by atoms with Crippen LogP contribution in [0.5, 0.6) is 5.75 Å². The summed E-state index contributed by atoms with van der Waals surface area (Å²) in [5.74, 6) is -4.18. The zero-order valence-corrected chi connectivity index (χ0v) is 18.3. The predicted molar refractivity (Wildman–Crippen MR) is 112 cm³/mol. The van der Waals surface area contributed by atoms with Gasteiger partial charge in [-0.2, -0.15) is 0 Å². The van der Waals surface area contributed by atoms with Gasteiger partial charge in [0.15, 0.2) is 17.2 Å². The van der Waals surface area contributed by atoms with E-state index < -0.39 is 50.9 Å². The zero-order valence-electron chi connectivity index (χ0n) is 17.5. The summed E-state index contributed by atoms with van der Waals surface area (Å²) in [5, 5.41) is 12.3. The Hall–Kier alpha value is -2.98. The van der Waals surface area contributed by atoms with Gasteiger partial charge in [0.1, 0.15) is 22.2 Å². The van der Waals surface area contributed by atoms with E-state index >= 15 is 0 Å². The maximum atomic E-state index is 14.1. The molecule has 1 aromatic heterocycles. The number of amides is 2. The summed E-state index contributed by atoms with van der Waals surface area (Å²) in [4.78, 5) is 40.3. The van der Waals surface area contributed by atoms with Crippen LogP contribution in [0.4, 0.5) is 8.78 Å². The molecule has 1 aliphatic carbocycles. The number of carbonyl (C=O) groups excluding carboxylic acids is 2. The number of halogens is 3. The summed E-state index contributed by atoms with van der Waals surface area (Å²) in [7, 11) is 0. The molecule has 1 spiro atoms. The molecule has 11 heteroatoms. The van der Waals surface area contributed by atoms with Crippen LogP contribution >= 0.6 is 11.6 Å². The first-order chi connectivity index (χ1) is 15.7. The van der Waals surface area contributed by atoms with Gasteiger partial charge in [-0.15, -0.1) is 0 Å². The van der Waals surface area contributed by atoms with Crippen molar-refractivity contribution in [3.05, 3.63) is 62.0 Å². The normalized spacial score (nSPS) is 25.6. The lowest BCUT2D eigenvalue weighted by atomic mass is 9.99. The third-order valence-electron chi connectivity index (χ3n) is 6.63. The highest BCUT2D eigenvalue weighted by Crippen LogP contribution is 2.52. The van der Waals surface area contributed by atoms with Crippen molar-refractivity contribution in [1.82, 2.24) is 14.8 Å². The number of ether oxygens (including phenoxy) is 1. The van der Waals surface area contributed by atoms with E-state index in [0.717, 1.165) is 18.6 Å². The van der Waals surface area contributed by atoms with Crippen LogP contribution in [0.25, 0.3) is 0 Å². The van der Waals surface area contributed by atoms with Crippen LogP contribution < -0.4 is 10.7 Å². The van der Waals surface area contributed by atoms with Crippen molar-refractivity contribution < 1.29 is 28.2 Å². The van der Waals surface area contributed by atoms with Gasteiger partial charge in [0.25, 0.3) is 11.8 Å². The van der Waals surface area contributed by atoms with Crippen LogP contribution in [0.1, 0.15) is 58.6 Å². The largest absolute Gasteiger partial charge is 0.503 e. The number of aromatic hydroxyl groups is 1. The standard InChI is InChI=1S/C22H20ClF2N3O5/c1-10-8-28-21(32)17-19(30)18(29)12(9-27(17)14-3-2-6-22(14,28)33-10)20(31)26-7-11-4-5-13(24)15(23)16(11)25/h4-5,9-10,14,30H,2-3,6-8H2,1H3,(H,26,31)/t10-,14-,22-/m1/s1. The number of carbonyl (C=O) groups is 2. The van der Waals surface area contributed by atoms with Gasteiger partial charge in [-0.25, -0.2) is 8.78 Å². The molecule has 2 fully saturated rings. The Balaban J connectivity index is 1.51. The molecule has 0 radical (unpaired) electrons. The van der Waals surface area contributed by atoms with E-state index in [1.165, 1.54) is 10.8 Å². The molecule has 3 aliphatic rings. The fraction of sp³-hybridized carbons (Fsp3) is 0.409. The Kier molecular flexibility index (Phi) is 4.98. The van der Waals surface area contributed by atoms with Gasteiger partial charge >= 0.3 is 0 Å². The molecule has 33 heavy (non-hydrogen) atoms. The summed E-state index contributed by atoms with van der Waals surface area (Å²) in [6, 6.07) is 1.72. The van der Waals surface area contributed by atoms with Crippen LogP contribution in [0.3, 0.4) is 0 Å². The smallest absolute Gasteiger partial charge is 0.276 e. The van der Waals surface area contributed by atoms with Crippen LogP contribution in [-0.2, 0) is 11.3 Å². The fourth-order valence-corrected chi connectivity index (χ4v) is 5.39. The molecule has 3 heterocycles. The number of hydrogen-bond acceptors (Lipinski definition) is 5. The van der Waals surface area contributed by atoms with Gasteiger partial charge in [0, 0.05) is 24.8 Å². The first-order valence-electron chi connectivity index (χ1n) is 10.5. The Bertz CT molecular complexity index is 1270. The first-order valence-corrected chi connectivity index (χ1v) is 10.9. The van der Waals surface area contributed by atoms with Gasteiger partial charge in [-0.3, -0.25) is 14.4 Å². The maximum Gasteiger partial charge on any atom is 0.276 e. The third kappa shape index (κ3) is 3.07. The molecule has 1 saturated carbocycles. The number of nitrogens with one attached hydrogen (secondary N) is 1. The molecular formula is C22H20ClF2N3O5. The first kappa shape index (κ1) is 21.8. The van der Waals surface area contributed by atoms with E-state index in [0.29, 0.717) is 19.4 Å². The van der Waals surface area contributed by atoms with Crippen molar-refractivity contribution in [1.29, 1.82) is 0 Å². The van der Waals surface area contributed by atoms with Gasteiger partial charge in [-0.1, -0.05) is 17.7 Å². The van der Waals surface area contributed by atoms with Crippen molar-refractivity contribution in [2.45, 2.75) is 50.6 Å². The van der Waals surface area contributed by atoms with Gasteiger partial charge in [-0.05, 0) is 32.3 Å². The Morgan fingerprint density at radius 2 is 2.12 bits per heavy atom. The van der Waals surface area contributed by atoms with Crippen molar-refractivity contribution in [2.75, 3.05) is 6.54 Å². The summed E-state index contributed by atoms with van der Waals surface area (Å²) in [6.07, 6.45) is 3.04. The highest BCUT2D eigenvalue weighted by molar-refractivity contribution is 6.30. The molecule has 2 N–H and O–H groups in total. The summed E-state index contributed by atoms with van der Waals surface area (Å²) < 4.78 is 35.1. The predicted octanol–water partition coefficient (Wildman–Crippen LogP) is 2.71. The molecule has 8 nitrogen and oxygen atoms in total. The fourth-order valence-electron chi connectivity index (χ4n) is 5.21. The van der Waals surface area contributed by atoms with E-state index in [9.17, 15) is 28.3 Å². The van der Waals surface area contributed by atoms with Crippen molar-refractivity contribution in [2.24, 2.45) is 0 Å². The average molecular weight is 480 g/mol. The lowest BCUT2D eigenvalue weighted by Crippen LogP contribution is -2.56. The number of aromatic nitrogens is 1. The number of rotatable bonds is 3. The minimum Gasteiger partial charge on any atom is -0.503 e.